The maximum absolute atomic E-state index is 11.9. The zero-order chi connectivity index (χ0) is 16.0. The van der Waals surface area contributed by atoms with Crippen molar-refractivity contribution >= 4 is 22.5 Å². The van der Waals surface area contributed by atoms with E-state index in [0.717, 1.165) is 0 Å². The Morgan fingerprint density at radius 2 is 2.14 bits per heavy atom. The summed E-state index contributed by atoms with van der Waals surface area (Å²) in [7, 11) is -1.39. The first-order valence-electron chi connectivity index (χ1n) is 6.41. The second-order valence-electron chi connectivity index (χ2n) is 4.77. The van der Waals surface area contributed by atoms with Crippen LogP contribution in [0.25, 0.3) is 0 Å². The van der Waals surface area contributed by atoms with E-state index in [1.54, 1.807) is 13.8 Å². The predicted octanol–water partition coefficient (Wildman–Crippen LogP) is 1.04. The van der Waals surface area contributed by atoms with Crippen molar-refractivity contribution in [3.05, 3.63) is 23.4 Å². The number of ketones is 1. The molecule has 6 nitrogen and oxygen atoms in total. The van der Waals surface area contributed by atoms with Crippen molar-refractivity contribution in [3.63, 3.8) is 0 Å². The Morgan fingerprint density at radius 1 is 1.48 bits per heavy atom. The maximum atomic E-state index is 11.9. The molecule has 0 aliphatic heterocycles. The van der Waals surface area contributed by atoms with Crippen LogP contribution in [0.2, 0.25) is 0 Å². The summed E-state index contributed by atoms with van der Waals surface area (Å²) in [6.07, 6.45) is 2.95. The van der Waals surface area contributed by atoms with Gasteiger partial charge in [0.05, 0.1) is 21.9 Å². The maximum Gasteiger partial charge on any atom is 0.252 e. The van der Waals surface area contributed by atoms with Crippen LogP contribution in [0.15, 0.2) is 17.3 Å². The van der Waals surface area contributed by atoms with Crippen molar-refractivity contribution in [2.45, 2.75) is 25.3 Å². The monoisotopic (exact) mass is 307 g/mol. The standard InChI is InChI=1S/C14H17N3O3S/c1-9(2)12(18)4-5-16-13(19)11-6-10(7-15)14(17-8-11)21(3)20/h6,8-9H,4-5H2,1-3H3,(H,16,19). The van der Waals surface area contributed by atoms with Crippen molar-refractivity contribution in [2.24, 2.45) is 5.92 Å². The first-order valence-corrected chi connectivity index (χ1v) is 7.97. The van der Waals surface area contributed by atoms with Gasteiger partial charge in [0, 0.05) is 31.3 Å². The first kappa shape index (κ1) is 17.0. The molecule has 112 valence electrons. The van der Waals surface area contributed by atoms with E-state index in [9.17, 15) is 13.8 Å². The van der Waals surface area contributed by atoms with Gasteiger partial charge in [-0.2, -0.15) is 5.26 Å². The average Bonchev–Trinajstić information content (AvgIpc) is 2.45. The molecule has 1 rings (SSSR count). The van der Waals surface area contributed by atoms with Crippen molar-refractivity contribution in [1.29, 1.82) is 5.26 Å². The van der Waals surface area contributed by atoms with E-state index in [0.29, 0.717) is 0 Å². The molecule has 0 bridgehead atoms. The van der Waals surface area contributed by atoms with Gasteiger partial charge in [-0.15, -0.1) is 0 Å². The summed E-state index contributed by atoms with van der Waals surface area (Å²) in [4.78, 5) is 27.2. The average molecular weight is 307 g/mol. The number of pyridine rings is 1. The minimum Gasteiger partial charge on any atom is -0.352 e. The molecule has 1 amide bonds. The lowest BCUT2D eigenvalue weighted by Crippen LogP contribution is -2.27. The van der Waals surface area contributed by atoms with Crippen LogP contribution in [-0.2, 0) is 15.6 Å². The molecule has 0 spiro atoms. The van der Waals surface area contributed by atoms with Crippen LogP contribution in [0.3, 0.4) is 0 Å². The normalized spacial score (nSPS) is 11.8. The molecule has 0 aromatic carbocycles. The minimum atomic E-state index is -1.39. The van der Waals surface area contributed by atoms with Gasteiger partial charge in [-0.1, -0.05) is 13.8 Å². The number of Topliss-reactive ketones (excluding diaryl/α,β-unsaturated/α-hetero) is 1. The Balaban J connectivity index is 2.74. The van der Waals surface area contributed by atoms with Crippen LogP contribution in [0.4, 0.5) is 0 Å². The quantitative estimate of drug-likeness (QED) is 0.846. The molecule has 1 aromatic rings. The molecule has 0 fully saturated rings. The molecule has 1 atom stereocenters. The van der Waals surface area contributed by atoms with Gasteiger partial charge in [0.15, 0.2) is 0 Å². The second kappa shape index (κ2) is 7.64. The SMILES string of the molecule is CC(C)C(=O)CCNC(=O)c1cnc(S(C)=O)c(C#N)c1. The van der Waals surface area contributed by atoms with E-state index >= 15 is 0 Å². The van der Waals surface area contributed by atoms with E-state index in [-0.39, 0.29) is 40.8 Å². The van der Waals surface area contributed by atoms with Crippen LogP contribution in [0.5, 0.6) is 0 Å². The number of nitrogens with zero attached hydrogens (tertiary/aromatic N) is 2. The fourth-order valence-electron chi connectivity index (χ4n) is 1.58. The zero-order valence-electron chi connectivity index (χ0n) is 12.2. The van der Waals surface area contributed by atoms with Gasteiger partial charge in [-0.3, -0.25) is 13.8 Å². The summed E-state index contributed by atoms with van der Waals surface area (Å²) in [5.41, 5.74) is 0.319. The van der Waals surface area contributed by atoms with Crippen molar-refractivity contribution < 1.29 is 13.8 Å². The van der Waals surface area contributed by atoms with Gasteiger partial charge < -0.3 is 5.32 Å². The van der Waals surface area contributed by atoms with Crippen molar-refractivity contribution in [2.75, 3.05) is 12.8 Å². The summed E-state index contributed by atoms with van der Waals surface area (Å²) < 4.78 is 11.4. The van der Waals surface area contributed by atoms with E-state index in [1.807, 2.05) is 6.07 Å². The molecule has 0 aliphatic rings. The van der Waals surface area contributed by atoms with Crippen LogP contribution in [0.1, 0.15) is 36.2 Å². The van der Waals surface area contributed by atoms with Crippen LogP contribution in [-0.4, -0.2) is 33.7 Å². The highest BCUT2D eigenvalue weighted by atomic mass is 32.2. The zero-order valence-corrected chi connectivity index (χ0v) is 13.0. The first-order chi connectivity index (χ1) is 9.86. The molecule has 1 aromatic heterocycles. The van der Waals surface area contributed by atoms with Gasteiger partial charge in [-0.25, -0.2) is 4.98 Å². The highest BCUT2D eigenvalue weighted by Gasteiger charge is 2.13. The molecule has 1 unspecified atom stereocenters. The van der Waals surface area contributed by atoms with Gasteiger partial charge in [0.2, 0.25) is 0 Å². The largest absolute Gasteiger partial charge is 0.352 e. The predicted molar refractivity (Wildman–Crippen MR) is 78.1 cm³/mol. The van der Waals surface area contributed by atoms with Crippen LogP contribution in [0, 0.1) is 17.2 Å². The Morgan fingerprint density at radius 3 is 2.67 bits per heavy atom. The summed E-state index contributed by atoms with van der Waals surface area (Å²) in [6.45, 7) is 3.84. The fraction of sp³-hybridized carbons (Fsp3) is 0.429. The summed E-state index contributed by atoms with van der Waals surface area (Å²) in [6, 6.07) is 3.22. The lowest BCUT2D eigenvalue weighted by molar-refractivity contribution is -0.121. The number of nitriles is 1. The van der Waals surface area contributed by atoms with E-state index < -0.39 is 16.7 Å². The van der Waals surface area contributed by atoms with E-state index in [2.05, 4.69) is 10.3 Å². The van der Waals surface area contributed by atoms with Gasteiger partial charge in [-0.05, 0) is 6.07 Å². The lowest BCUT2D eigenvalue weighted by Gasteiger charge is -2.07. The number of aromatic nitrogens is 1. The van der Waals surface area contributed by atoms with Crippen LogP contribution >= 0.6 is 0 Å². The molecule has 1 N–H and O–H groups in total. The van der Waals surface area contributed by atoms with Gasteiger partial charge >= 0.3 is 0 Å². The number of carbonyl (C=O) groups is 2. The topological polar surface area (TPSA) is 99.9 Å². The molecule has 21 heavy (non-hydrogen) atoms. The second-order valence-corrected chi connectivity index (χ2v) is 6.06. The third kappa shape index (κ3) is 4.76. The summed E-state index contributed by atoms with van der Waals surface area (Å²) in [5, 5.41) is 11.7. The molecule has 1 heterocycles. The highest BCUT2D eigenvalue weighted by Crippen LogP contribution is 2.11. The minimum absolute atomic E-state index is 0.0624. The number of rotatable bonds is 6. The molecule has 0 radical (unpaired) electrons. The number of amides is 1. The van der Waals surface area contributed by atoms with Gasteiger partial charge in [0.1, 0.15) is 16.9 Å². The Bertz CT molecular complexity index is 620. The molecule has 0 saturated carbocycles. The summed E-state index contributed by atoms with van der Waals surface area (Å²) >= 11 is 0. The molecular weight excluding hydrogens is 290 g/mol. The van der Waals surface area contributed by atoms with Crippen LogP contribution < -0.4 is 5.32 Å². The third-order valence-corrected chi connectivity index (χ3v) is 3.68. The molecular formula is C14H17N3O3S. The highest BCUT2D eigenvalue weighted by molar-refractivity contribution is 7.84. The van der Waals surface area contributed by atoms with Crippen molar-refractivity contribution in [3.8, 4) is 6.07 Å². The van der Waals surface area contributed by atoms with E-state index in [4.69, 9.17) is 5.26 Å². The number of nitrogens with one attached hydrogen (secondary N) is 1. The molecule has 0 saturated heterocycles. The van der Waals surface area contributed by atoms with E-state index in [1.165, 1.54) is 18.5 Å². The summed E-state index contributed by atoms with van der Waals surface area (Å²) in [5.74, 6) is -0.403. The lowest BCUT2D eigenvalue weighted by atomic mass is 10.1. The number of hydrogen-bond acceptors (Lipinski definition) is 5. The molecule has 7 heteroatoms. The Kier molecular flexibility index (Phi) is 6.18. The van der Waals surface area contributed by atoms with Gasteiger partial charge in [0.25, 0.3) is 5.91 Å². The molecule has 0 aliphatic carbocycles. The third-order valence-electron chi connectivity index (χ3n) is 2.81. The number of carbonyl (C=O) groups excluding carboxylic acids is 2. The fourth-order valence-corrected chi connectivity index (χ4v) is 2.19. The smallest absolute Gasteiger partial charge is 0.252 e. The Hall–Kier alpha value is -2.07. The Labute approximate surface area is 126 Å². The number of hydrogen-bond donors (Lipinski definition) is 1. The van der Waals surface area contributed by atoms with Crippen molar-refractivity contribution in [1.82, 2.24) is 10.3 Å².